The Morgan fingerprint density at radius 3 is 2.47 bits per heavy atom. The molecule has 30 heavy (non-hydrogen) atoms. The molecule has 0 unspecified atom stereocenters. The normalized spacial score (nSPS) is 10.7. The molecule has 0 bridgehead atoms. The second-order valence-electron chi connectivity index (χ2n) is 6.16. The first-order valence-corrected chi connectivity index (χ1v) is 9.48. The minimum Gasteiger partial charge on any atom is -0.492 e. The number of benzene rings is 2. The summed E-state index contributed by atoms with van der Waals surface area (Å²) in [4.78, 5) is 16.4. The molecular formula is C21H16Cl2F2N2O3. The van der Waals surface area contributed by atoms with Crippen molar-refractivity contribution in [2.75, 3.05) is 19.5 Å². The van der Waals surface area contributed by atoms with Gasteiger partial charge in [0.1, 0.15) is 5.69 Å². The topological polar surface area (TPSA) is 74.4 Å². The van der Waals surface area contributed by atoms with Crippen LogP contribution in [0.25, 0.3) is 11.3 Å². The van der Waals surface area contributed by atoms with E-state index in [4.69, 9.17) is 38.4 Å². The molecule has 0 saturated carbocycles. The molecule has 1 heterocycles. The highest BCUT2D eigenvalue weighted by atomic mass is 35.5. The number of ether oxygens (including phenoxy) is 2. The molecule has 0 saturated heterocycles. The quantitative estimate of drug-likeness (QED) is 0.512. The Balaban J connectivity index is 1.93. The largest absolute Gasteiger partial charge is 0.492 e. The molecule has 0 aliphatic heterocycles. The smallest absolute Gasteiger partial charge is 0.358 e. The van der Waals surface area contributed by atoms with Gasteiger partial charge in [-0.05, 0) is 17.7 Å². The van der Waals surface area contributed by atoms with Gasteiger partial charge in [0.05, 0.1) is 29.4 Å². The summed E-state index contributed by atoms with van der Waals surface area (Å²) >= 11 is 11.9. The van der Waals surface area contributed by atoms with E-state index < -0.39 is 39.7 Å². The van der Waals surface area contributed by atoms with Gasteiger partial charge in [-0.2, -0.15) is 0 Å². The zero-order chi connectivity index (χ0) is 21.8. The van der Waals surface area contributed by atoms with Crippen LogP contribution >= 0.6 is 23.2 Å². The number of halogens is 4. The fourth-order valence-electron chi connectivity index (χ4n) is 2.75. The SMILES string of the molecule is COc1c(Cl)ccc(-c2nc(C(=O)OCCc3ccccc3)c(Cl)c(N)c2F)c1F. The summed E-state index contributed by atoms with van der Waals surface area (Å²) in [5.74, 6) is -3.24. The van der Waals surface area contributed by atoms with E-state index in [-0.39, 0.29) is 22.9 Å². The first kappa shape index (κ1) is 21.8. The lowest BCUT2D eigenvalue weighted by Gasteiger charge is -2.13. The second kappa shape index (κ2) is 9.28. The van der Waals surface area contributed by atoms with Gasteiger partial charge in [0.2, 0.25) is 0 Å². The van der Waals surface area contributed by atoms with E-state index in [9.17, 15) is 13.6 Å². The Hall–Kier alpha value is -2.90. The highest BCUT2D eigenvalue weighted by Gasteiger charge is 2.26. The number of anilines is 1. The first-order chi connectivity index (χ1) is 14.3. The summed E-state index contributed by atoms with van der Waals surface area (Å²) in [7, 11) is 1.21. The number of pyridine rings is 1. The minimum atomic E-state index is -1.08. The van der Waals surface area contributed by atoms with Gasteiger partial charge < -0.3 is 15.2 Å². The molecule has 0 aliphatic rings. The molecule has 2 N–H and O–H groups in total. The molecule has 2 aromatic carbocycles. The van der Waals surface area contributed by atoms with Crippen LogP contribution in [-0.4, -0.2) is 24.7 Å². The van der Waals surface area contributed by atoms with Crippen molar-refractivity contribution >= 4 is 34.9 Å². The van der Waals surface area contributed by atoms with E-state index >= 15 is 0 Å². The van der Waals surface area contributed by atoms with Gasteiger partial charge in [-0.15, -0.1) is 0 Å². The molecule has 156 valence electrons. The Morgan fingerprint density at radius 2 is 1.80 bits per heavy atom. The van der Waals surface area contributed by atoms with E-state index in [2.05, 4.69) is 4.98 Å². The molecule has 0 fully saturated rings. The lowest BCUT2D eigenvalue weighted by Crippen LogP contribution is -2.14. The number of nitrogens with zero attached hydrogens (tertiary/aromatic N) is 1. The van der Waals surface area contributed by atoms with Crippen molar-refractivity contribution in [1.29, 1.82) is 0 Å². The van der Waals surface area contributed by atoms with Gasteiger partial charge in [-0.1, -0.05) is 53.5 Å². The lowest BCUT2D eigenvalue weighted by molar-refractivity contribution is 0.0502. The summed E-state index contributed by atoms with van der Waals surface area (Å²) in [5.41, 5.74) is 4.87. The molecule has 5 nitrogen and oxygen atoms in total. The molecule has 0 radical (unpaired) electrons. The van der Waals surface area contributed by atoms with Crippen LogP contribution in [0.15, 0.2) is 42.5 Å². The number of hydrogen-bond acceptors (Lipinski definition) is 5. The Bertz CT molecular complexity index is 1100. The first-order valence-electron chi connectivity index (χ1n) is 8.73. The van der Waals surface area contributed by atoms with Crippen molar-refractivity contribution in [2.45, 2.75) is 6.42 Å². The molecule has 0 aliphatic carbocycles. The van der Waals surface area contributed by atoms with Crippen LogP contribution in [0.5, 0.6) is 5.75 Å². The highest BCUT2D eigenvalue weighted by molar-refractivity contribution is 6.36. The van der Waals surface area contributed by atoms with Crippen LogP contribution in [0.3, 0.4) is 0 Å². The van der Waals surface area contributed by atoms with Gasteiger partial charge in [-0.25, -0.2) is 18.6 Å². The summed E-state index contributed by atoms with van der Waals surface area (Å²) in [6.45, 7) is 0.0383. The number of aromatic nitrogens is 1. The number of hydrogen-bond donors (Lipinski definition) is 1. The number of esters is 1. The van der Waals surface area contributed by atoms with E-state index in [1.165, 1.54) is 19.2 Å². The average molecular weight is 453 g/mol. The van der Waals surface area contributed by atoms with E-state index in [0.717, 1.165) is 5.56 Å². The molecule has 9 heteroatoms. The number of carbonyl (C=O) groups is 1. The molecule has 1 aromatic heterocycles. The highest BCUT2D eigenvalue weighted by Crippen LogP contribution is 2.38. The van der Waals surface area contributed by atoms with E-state index in [0.29, 0.717) is 6.42 Å². The van der Waals surface area contributed by atoms with Gasteiger partial charge in [0, 0.05) is 12.0 Å². The summed E-state index contributed by atoms with van der Waals surface area (Å²) in [6, 6.07) is 11.8. The van der Waals surface area contributed by atoms with Crippen molar-refractivity contribution in [1.82, 2.24) is 4.98 Å². The maximum Gasteiger partial charge on any atom is 0.358 e. The third-order valence-electron chi connectivity index (χ3n) is 4.28. The third-order valence-corrected chi connectivity index (χ3v) is 4.96. The van der Waals surface area contributed by atoms with Crippen molar-refractivity contribution in [3.63, 3.8) is 0 Å². The van der Waals surface area contributed by atoms with Crippen LogP contribution in [0.4, 0.5) is 14.5 Å². The van der Waals surface area contributed by atoms with Crippen LogP contribution in [0.2, 0.25) is 10.0 Å². The zero-order valence-electron chi connectivity index (χ0n) is 15.7. The van der Waals surface area contributed by atoms with Crippen LogP contribution in [-0.2, 0) is 11.2 Å². The maximum atomic E-state index is 14.7. The van der Waals surface area contributed by atoms with Crippen molar-refractivity contribution in [3.05, 3.63) is 75.4 Å². The fraction of sp³-hybridized carbons (Fsp3) is 0.143. The monoisotopic (exact) mass is 452 g/mol. The number of carbonyl (C=O) groups excluding carboxylic acids is 1. The molecule has 3 rings (SSSR count). The minimum absolute atomic E-state index is 0.0124. The van der Waals surface area contributed by atoms with Gasteiger partial charge in [0.25, 0.3) is 0 Å². The zero-order valence-corrected chi connectivity index (χ0v) is 17.2. The predicted octanol–water partition coefficient (Wildman–Crippen LogP) is 5.32. The van der Waals surface area contributed by atoms with Crippen molar-refractivity contribution in [2.24, 2.45) is 0 Å². The van der Waals surface area contributed by atoms with Crippen LogP contribution < -0.4 is 10.5 Å². The average Bonchev–Trinajstić information content (AvgIpc) is 2.74. The van der Waals surface area contributed by atoms with Crippen LogP contribution in [0.1, 0.15) is 16.1 Å². The number of nitrogens with two attached hydrogens (primary N) is 1. The lowest BCUT2D eigenvalue weighted by atomic mass is 10.1. The van der Waals surface area contributed by atoms with Crippen molar-refractivity contribution < 1.29 is 23.0 Å². The Kier molecular flexibility index (Phi) is 6.74. The summed E-state index contributed by atoms with van der Waals surface area (Å²) in [6.07, 6.45) is 0.455. The Labute approximate surface area is 181 Å². The third kappa shape index (κ3) is 4.32. The Morgan fingerprint density at radius 1 is 1.10 bits per heavy atom. The van der Waals surface area contributed by atoms with Gasteiger partial charge in [0.15, 0.2) is 23.1 Å². The molecule has 0 amide bonds. The van der Waals surface area contributed by atoms with E-state index in [1.54, 1.807) is 0 Å². The van der Waals surface area contributed by atoms with Gasteiger partial charge >= 0.3 is 5.97 Å². The molecule has 3 aromatic rings. The van der Waals surface area contributed by atoms with Crippen molar-refractivity contribution in [3.8, 4) is 17.0 Å². The number of nitrogen functional groups attached to an aromatic ring is 1. The summed E-state index contributed by atoms with van der Waals surface area (Å²) < 4.78 is 39.6. The number of methoxy groups -OCH3 is 1. The molecule has 0 spiro atoms. The van der Waals surface area contributed by atoms with Gasteiger partial charge in [-0.3, -0.25) is 0 Å². The van der Waals surface area contributed by atoms with Crippen LogP contribution in [0, 0.1) is 11.6 Å². The van der Waals surface area contributed by atoms with E-state index in [1.807, 2.05) is 30.3 Å². The number of rotatable bonds is 6. The summed E-state index contributed by atoms with van der Waals surface area (Å²) in [5, 5.41) is -0.427. The second-order valence-corrected chi connectivity index (χ2v) is 6.95. The fourth-order valence-corrected chi connectivity index (χ4v) is 3.18. The molecular weight excluding hydrogens is 437 g/mol. The maximum absolute atomic E-state index is 14.7. The molecule has 0 atom stereocenters. The standard InChI is InChI=1S/C21H16Cl2F2N2O3/c1-29-20-13(22)8-7-12(15(20)24)18-16(25)17(26)14(23)19(27-18)21(28)30-10-9-11-5-3-2-4-6-11/h2-8H,9-10H2,1H3,(H2,26,27). The predicted molar refractivity (Wildman–Crippen MR) is 111 cm³/mol.